The number of carboxylic acids is 1. The first-order valence-electron chi connectivity index (χ1n) is 8.24. The van der Waals surface area contributed by atoms with Gasteiger partial charge in [0.25, 0.3) is 11.8 Å². The zero-order valence-corrected chi connectivity index (χ0v) is 15.1. The Balaban J connectivity index is 0.000000321. The third kappa shape index (κ3) is 5.19. The van der Waals surface area contributed by atoms with Gasteiger partial charge in [-0.3, -0.25) is 9.59 Å². The quantitative estimate of drug-likeness (QED) is 0.776. The monoisotopic (exact) mass is 408 g/mol. The van der Waals surface area contributed by atoms with E-state index in [1.54, 1.807) is 4.90 Å². The van der Waals surface area contributed by atoms with Gasteiger partial charge in [-0.05, 0) is 31.2 Å². The Morgan fingerprint density at radius 2 is 1.67 bits per heavy atom. The Morgan fingerprint density at radius 1 is 1.11 bits per heavy atom. The number of carbonyl (C=O) groups excluding carboxylic acids is 2. The summed E-state index contributed by atoms with van der Waals surface area (Å²) in [6.45, 7) is 2.29. The van der Waals surface area contributed by atoms with Crippen LogP contribution in [0, 0.1) is 0 Å². The molecule has 1 aromatic heterocycles. The number of nitrogens with two attached hydrogens (primary N) is 1. The fraction of sp³-hybridized carbons (Fsp3) is 0.562. The van der Waals surface area contributed by atoms with Crippen molar-refractivity contribution in [1.29, 1.82) is 0 Å². The second-order valence-corrected chi connectivity index (χ2v) is 7.09. The molecular weight excluding hydrogens is 389 g/mol. The molecule has 0 atom stereocenters. The molecule has 0 saturated carbocycles. The summed E-state index contributed by atoms with van der Waals surface area (Å²) in [6.07, 6.45) is -1.05. The molecule has 11 heteroatoms. The van der Waals surface area contributed by atoms with Crippen LogP contribution in [0.5, 0.6) is 0 Å². The van der Waals surface area contributed by atoms with Crippen molar-refractivity contribution in [3.05, 3.63) is 20.9 Å². The standard InChI is InChI=1S/C14H18N2O3S.C2HF3O2/c15-13(17)12-11(9-3-1-2-4-10(9)20-12)14(18)16-5-7-19-8-6-16;3-2(4,5)1(6)7/h1-8H2,(H2,15,17);(H,6,7). The molecule has 2 heterocycles. The minimum atomic E-state index is -5.08. The van der Waals surface area contributed by atoms with Crippen LogP contribution in [-0.4, -0.2) is 60.3 Å². The van der Waals surface area contributed by atoms with Gasteiger partial charge in [0.05, 0.1) is 18.8 Å². The topological polar surface area (TPSA) is 110 Å². The van der Waals surface area contributed by atoms with Gasteiger partial charge in [-0.1, -0.05) is 0 Å². The van der Waals surface area contributed by atoms with Crippen LogP contribution in [0.1, 0.15) is 43.3 Å². The number of aryl methyl sites for hydroxylation is 1. The third-order valence-corrected chi connectivity index (χ3v) is 5.46. The molecule has 2 aliphatic rings. The van der Waals surface area contributed by atoms with E-state index in [4.69, 9.17) is 20.4 Å². The Bertz CT molecular complexity index is 726. The Morgan fingerprint density at radius 3 is 2.19 bits per heavy atom. The second kappa shape index (κ2) is 8.70. The zero-order valence-electron chi connectivity index (χ0n) is 14.3. The number of alkyl halides is 3. The van der Waals surface area contributed by atoms with Crippen LogP contribution in [0.4, 0.5) is 13.2 Å². The molecule has 27 heavy (non-hydrogen) atoms. The summed E-state index contributed by atoms with van der Waals surface area (Å²) in [7, 11) is 0. The number of halogens is 3. The number of hydrogen-bond donors (Lipinski definition) is 2. The van der Waals surface area contributed by atoms with Crippen molar-refractivity contribution in [3.8, 4) is 0 Å². The Hall–Kier alpha value is -2.14. The predicted molar refractivity (Wildman–Crippen MR) is 89.9 cm³/mol. The number of carbonyl (C=O) groups is 3. The van der Waals surface area contributed by atoms with E-state index in [0.717, 1.165) is 31.2 Å². The molecule has 2 amide bonds. The summed E-state index contributed by atoms with van der Waals surface area (Å²) in [5.74, 6) is -3.30. The van der Waals surface area contributed by atoms with Crippen LogP contribution >= 0.6 is 11.3 Å². The normalized spacial score (nSPS) is 16.8. The van der Waals surface area contributed by atoms with Crippen molar-refractivity contribution >= 4 is 29.1 Å². The van der Waals surface area contributed by atoms with Crippen LogP contribution in [0.15, 0.2) is 0 Å². The highest BCUT2D eigenvalue weighted by molar-refractivity contribution is 7.14. The molecule has 0 radical (unpaired) electrons. The van der Waals surface area contributed by atoms with Gasteiger partial charge in [-0.2, -0.15) is 13.2 Å². The molecule has 1 fully saturated rings. The van der Waals surface area contributed by atoms with Crippen LogP contribution in [0.2, 0.25) is 0 Å². The average molecular weight is 408 g/mol. The van der Waals surface area contributed by atoms with Crippen molar-refractivity contribution < 1.29 is 37.4 Å². The van der Waals surface area contributed by atoms with Crippen LogP contribution in [-0.2, 0) is 22.4 Å². The molecule has 3 N–H and O–H groups in total. The Labute approximate surface area is 156 Å². The summed E-state index contributed by atoms with van der Waals surface area (Å²) < 4.78 is 37.0. The third-order valence-electron chi connectivity index (χ3n) is 4.15. The summed E-state index contributed by atoms with van der Waals surface area (Å²) in [5, 5.41) is 7.12. The van der Waals surface area contributed by atoms with E-state index in [-0.39, 0.29) is 5.91 Å². The molecule has 1 saturated heterocycles. The van der Waals surface area contributed by atoms with Crippen LogP contribution < -0.4 is 5.73 Å². The van der Waals surface area contributed by atoms with Gasteiger partial charge in [-0.15, -0.1) is 11.3 Å². The molecule has 0 spiro atoms. The molecule has 150 valence electrons. The highest BCUT2D eigenvalue weighted by atomic mass is 32.1. The van der Waals surface area contributed by atoms with E-state index < -0.39 is 18.1 Å². The first-order chi connectivity index (χ1) is 12.6. The van der Waals surface area contributed by atoms with E-state index >= 15 is 0 Å². The van der Waals surface area contributed by atoms with Crippen molar-refractivity contribution in [2.75, 3.05) is 26.3 Å². The average Bonchev–Trinajstić information content (AvgIpc) is 3.01. The number of carboxylic acid groups (broad SMARTS) is 1. The highest BCUT2D eigenvalue weighted by Gasteiger charge is 2.38. The van der Waals surface area contributed by atoms with Crippen molar-refractivity contribution in [1.82, 2.24) is 4.90 Å². The smallest absolute Gasteiger partial charge is 0.475 e. The van der Waals surface area contributed by atoms with E-state index in [9.17, 15) is 22.8 Å². The molecular formula is C16H19F3N2O5S. The van der Waals surface area contributed by atoms with Gasteiger partial charge >= 0.3 is 12.1 Å². The number of nitrogens with zero attached hydrogens (tertiary/aromatic N) is 1. The molecule has 1 aliphatic heterocycles. The second-order valence-electron chi connectivity index (χ2n) is 5.99. The fourth-order valence-electron chi connectivity index (χ4n) is 2.89. The lowest BCUT2D eigenvalue weighted by Gasteiger charge is -2.27. The molecule has 0 bridgehead atoms. The molecule has 1 aliphatic carbocycles. The fourth-order valence-corrected chi connectivity index (χ4v) is 4.12. The number of fused-ring (bicyclic) bond motifs is 1. The summed E-state index contributed by atoms with van der Waals surface area (Å²) >= 11 is 1.41. The van der Waals surface area contributed by atoms with E-state index in [1.165, 1.54) is 16.2 Å². The largest absolute Gasteiger partial charge is 0.490 e. The van der Waals surface area contributed by atoms with Gasteiger partial charge < -0.3 is 20.5 Å². The van der Waals surface area contributed by atoms with Crippen LogP contribution in [0.3, 0.4) is 0 Å². The Kier molecular flexibility index (Phi) is 6.82. The first-order valence-corrected chi connectivity index (χ1v) is 9.06. The van der Waals surface area contributed by atoms with Crippen molar-refractivity contribution in [3.63, 3.8) is 0 Å². The van der Waals surface area contributed by atoms with Gasteiger partial charge in [0.1, 0.15) is 4.88 Å². The lowest BCUT2D eigenvalue weighted by Crippen LogP contribution is -2.41. The first kappa shape index (κ1) is 21.2. The maximum atomic E-state index is 12.7. The van der Waals surface area contributed by atoms with Crippen molar-refractivity contribution in [2.24, 2.45) is 5.73 Å². The molecule has 1 aromatic rings. The minimum Gasteiger partial charge on any atom is -0.475 e. The van der Waals surface area contributed by atoms with Gasteiger partial charge in [0.2, 0.25) is 0 Å². The zero-order chi connectivity index (χ0) is 20.2. The molecule has 0 unspecified atom stereocenters. The molecule has 0 aromatic carbocycles. The van der Waals surface area contributed by atoms with E-state index in [1.807, 2.05) is 0 Å². The van der Waals surface area contributed by atoms with E-state index in [2.05, 4.69) is 0 Å². The van der Waals surface area contributed by atoms with E-state index in [0.29, 0.717) is 36.7 Å². The van der Waals surface area contributed by atoms with Gasteiger partial charge in [-0.25, -0.2) is 4.79 Å². The number of morpholine rings is 1. The number of thiophene rings is 1. The number of primary amides is 1. The number of ether oxygens (including phenoxy) is 1. The van der Waals surface area contributed by atoms with Crippen LogP contribution in [0.25, 0.3) is 0 Å². The number of rotatable bonds is 2. The van der Waals surface area contributed by atoms with Gasteiger partial charge in [0, 0.05) is 18.0 Å². The lowest BCUT2D eigenvalue weighted by atomic mass is 9.94. The highest BCUT2D eigenvalue weighted by Crippen LogP contribution is 2.35. The number of hydrogen-bond acceptors (Lipinski definition) is 5. The molecule has 7 nitrogen and oxygen atoms in total. The maximum absolute atomic E-state index is 12.7. The predicted octanol–water partition coefficient (Wildman–Crippen LogP) is 1.83. The number of amides is 2. The maximum Gasteiger partial charge on any atom is 0.490 e. The summed E-state index contributed by atoms with van der Waals surface area (Å²) in [6, 6.07) is 0. The number of aliphatic carboxylic acids is 1. The minimum absolute atomic E-state index is 0.0542. The van der Waals surface area contributed by atoms with Crippen molar-refractivity contribution in [2.45, 2.75) is 31.9 Å². The summed E-state index contributed by atoms with van der Waals surface area (Å²) in [5.41, 5.74) is 7.10. The summed E-state index contributed by atoms with van der Waals surface area (Å²) in [4.78, 5) is 36.7. The molecule has 3 rings (SSSR count). The van der Waals surface area contributed by atoms with Gasteiger partial charge in [0.15, 0.2) is 0 Å². The SMILES string of the molecule is NC(=O)c1sc2c(c1C(=O)N1CCOCC1)CCCC2.O=C(O)C(F)(F)F. The lowest BCUT2D eigenvalue weighted by molar-refractivity contribution is -0.192.